The Balaban J connectivity index is 3.33. The molecule has 1 aromatic heterocycles. The average molecular weight is 318 g/mol. The van der Waals surface area contributed by atoms with E-state index in [4.69, 9.17) is 4.74 Å². The molecule has 120 valence electrons. The van der Waals surface area contributed by atoms with Gasteiger partial charge in [0, 0.05) is 13.1 Å². The fraction of sp³-hybridized carbons (Fsp3) is 0.556. The van der Waals surface area contributed by atoms with Crippen LogP contribution in [0.1, 0.15) is 54.2 Å². The van der Waals surface area contributed by atoms with Crippen LogP contribution in [0.3, 0.4) is 0 Å². The summed E-state index contributed by atoms with van der Waals surface area (Å²) in [4.78, 5) is 15.5. The van der Waals surface area contributed by atoms with E-state index in [0.717, 1.165) is 0 Å². The van der Waals surface area contributed by atoms with E-state index in [-0.39, 0.29) is 5.97 Å². The molecule has 4 heteroatoms. The molecule has 1 heterocycles. The van der Waals surface area contributed by atoms with Gasteiger partial charge in [0.2, 0.25) is 0 Å². The van der Waals surface area contributed by atoms with E-state index in [0.29, 0.717) is 28.1 Å². The molecule has 0 aromatic carbocycles. The largest absolute Gasteiger partial charge is 0.424 e. The number of aromatic nitrogens is 1. The Morgan fingerprint density at radius 2 is 1.68 bits per heavy atom. The van der Waals surface area contributed by atoms with Crippen LogP contribution in [0.5, 0.6) is 5.75 Å². The highest BCUT2D eigenvalue weighted by Gasteiger charge is 2.41. The minimum atomic E-state index is -1.81. The lowest BCUT2D eigenvalue weighted by atomic mass is 10.3. The first-order chi connectivity index (χ1) is 10.2. The fourth-order valence-corrected chi connectivity index (χ4v) is 8.52. The highest BCUT2D eigenvalue weighted by Crippen LogP contribution is 2.40. The first-order valence-electron chi connectivity index (χ1n) is 7.88. The zero-order chi connectivity index (χ0) is 16.9. The maximum absolute atomic E-state index is 11.2. The van der Waals surface area contributed by atoms with E-state index >= 15 is 0 Å². The van der Waals surface area contributed by atoms with Gasteiger partial charge in [-0.2, -0.15) is 0 Å². The predicted molar refractivity (Wildman–Crippen MR) is 93.5 cm³/mol. The van der Waals surface area contributed by atoms with E-state index in [2.05, 4.69) is 58.0 Å². The molecule has 0 saturated heterocycles. The van der Waals surface area contributed by atoms with Crippen molar-refractivity contribution in [1.82, 2.24) is 4.98 Å². The third-order valence-electron chi connectivity index (χ3n) is 4.29. The van der Waals surface area contributed by atoms with Gasteiger partial charge >= 0.3 is 5.97 Å². The fourth-order valence-electron chi connectivity index (χ4n) is 3.32. The highest BCUT2D eigenvalue weighted by molar-refractivity contribution is 6.90. The van der Waals surface area contributed by atoms with Crippen molar-refractivity contribution < 1.29 is 9.53 Å². The molecular formula is C18H27NO2Si. The van der Waals surface area contributed by atoms with Crippen molar-refractivity contribution in [3.63, 3.8) is 0 Å². The molecule has 0 unspecified atom stereocenters. The number of rotatable bonds is 4. The molecule has 0 aliphatic rings. The van der Waals surface area contributed by atoms with Crippen molar-refractivity contribution in [3.8, 4) is 17.2 Å². The average Bonchev–Trinajstić information content (AvgIpc) is 2.39. The van der Waals surface area contributed by atoms with Crippen molar-refractivity contribution in [2.75, 3.05) is 0 Å². The number of nitrogens with zero attached hydrogens (tertiary/aromatic N) is 1. The number of pyridine rings is 1. The number of carbonyl (C=O) groups is 1. The summed E-state index contributed by atoms with van der Waals surface area (Å²) in [5.74, 6) is 3.32. The lowest BCUT2D eigenvalue weighted by Crippen LogP contribution is -2.43. The van der Waals surface area contributed by atoms with E-state index < -0.39 is 8.07 Å². The SMILES string of the molecule is CC(=O)Oc1cccnc1C#C[Si](C(C)C)(C(C)C)C(C)C. The number of ether oxygens (including phenoxy) is 1. The Kier molecular flexibility index (Phi) is 6.37. The molecule has 0 atom stereocenters. The van der Waals surface area contributed by atoms with Gasteiger partial charge in [0.15, 0.2) is 11.4 Å². The second-order valence-electron chi connectivity index (χ2n) is 6.59. The molecule has 0 N–H and O–H groups in total. The Bertz CT molecular complexity index is 560. The van der Waals surface area contributed by atoms with Crippen LogP contribution >= 0.6 is 0 Å². The monoisotopic (exact) mass is 317 g/mol. The second-order valence-corrected chi connectivity index (χ2v) is 12.2. The zero-order valence-electron chi connectivity index (χ0n) is 14.7. The molecule has 0 saturated carbocycles. The summed E-state index contributed by atoms with van der Waals surface area (Å²) >= 11 is 0. The molecule has 1 aromatic rings. The summed E-state index contributed by atoms with van der Waals surface area (Å²) in [6.07, 6.45) is 1.68. The lowest BCUT2D eigenvalue weighted by Gasteiger charge is -2.38. The van der Waals surface area contributed by atoms with Gasteiger partial charge in [-0.25, -0.2) is 4.98 Å². The van der Waals surface area contributed by atoms with Gasteiger partial charge in [-0.05, 0) is 28.8 Å². The zero-order valence-corrected chi connectivity index (χ0v) is 15.7. The molecule has 3 nitrogen and oxygen atoms in total. The maximum Gasteiger partial charge on any atom is 0.308 e. The second kappa shape index (κ2) is 7.60. The molecule has 1 rings (SSSR count). The van der Waals surface area contributed by atoms with Gasteiger partial charge in [0.25, 0.3) is 0 Å². The van der Waals surface area contributed by atoms with Crippen LogP contribution in [-0.4, -0.2) is 19.0 Å². The third kappa shape index (κ3) is 3.98. The quantitative estimate of drug-likeness (QED) is 0.463. The normalized spacial score (nSPS) is 11.5. The van der Waals surface area contributed by atoms with Crippen LogP contribution in [0.15, 0.2) is 18.3 Å². The molecule has 0 fully saturated rings. The van der Waals surface area contributed by atoms with Crippen molar-refractivity contribution >= 4 is 14.0 Å². The van der Waals surface area contributed by atoms with Gasteiger partial charge in [-0.3, -0.25) is 4.79 Å². The van der Waals surface area contributed by atoms with Crippen molar-refractivity contribution in [2.45, 2.75) is 65.1 Å². The van der Waals surface area contributed by atoms with Gasteiger partial charge in [-0.15, -0.1) is 5.54 Å². The van der Waals surface area contributed by atoms with Crippen molar-refractivity contribution in [1.29, 1.82) is 0 Å². The molecule has 0 spiro atoms. The molecule has 22 heavy (non-hydrogen) atoms. The molecule has 0 radical (unpaired) electrons. The van der Waals surface area contributed by atoms with Crippen LogP contribution in [0.2, 0.25) is 16.6 Å². The van der Waals surface area contributed by atoms with E-state index in [1.807, 2.05) is 0 Å². The summed E-state index contributed by atoms with van der Waals surface area (Å²) in [7, 11) is -1.81. The van der Waals surface area contributed by atoms with E-state index in [9.17, 15) is 4.79 Å². The number of carbonyl (C=O) groups excluding carboxylic acids is 1. The Hall–Kier alpha value is -1.60. The van der Waals surface area contributed by atoms with E-state index in [1.54, 1.807) is 18.3 Å². The van der Waals surface area contributed by atoms with Crippen LogP contribution in [-0.2, 0) is 4.79 Å². The van der Waals surface area contributed by atoms with Gasteiger partial charge in [0.05, 0.1) is 0 Å². The van der Waals surface area contributed by atoms with Gasteiger partial charge in [-0.1, -0.05) is 47.5 Å². The number of esters is 1. The molecule has 0 amide bonds. The molecule has 0 bridgehead atoms. The summed E-state index contributed by atoms with van der Waals surface area (Å²) in [5, 5.41) is 0. The summed E-state index contributed by atoms with van der Waals surface area (Å²) in [6, 6.07) is 3.49. The standard InChI is InChI=1S/C18H27NO2Si/c1-13(2)22(14(3)4,15(5)6)12-10-17-18(21-16(7)20)9-8-11-19-17/h8-9,11,13-15H,1-7H3. The minimum absolute atomic E-state index is 0.351. The maximum atomic E-state index is 11.2. The molecular weight excluding hydrogens is 290 g/mol. The summed E-state index contributed by atoms with van der Waals surface area (Å²) < 4.78 is 5.20. The summed E-state index contributed by atoms with van der Waals surface area (Å²) in [6.45, 7) is 15.0. The predicted octanol–water partition coefficient (Wildman–Crippen LogP) is 4.58. The first-order valence-corrected chi connectivity index (χ1v) is 10.1. The topological polar surface area (TPSA) is 39.2 Å². The van der Waals surface area contributed by atoms with Crippen molar-refractivity contribution in [3.05, 3.63) is 24.0 Å². The smallest absolute Gasteiger partial charge is 0.308 e. The van der Waals surface area contributed by atoms with E-state index in [1.165, 1.54) is 6.92 Å². The molecule has 0 aliphatic heterocycles. The summed E-state index contributed by atoms with van der Waals surface area (Å²) in [5.41, 5.74) is 5.82. The molecule has 0 aliphatic carbocycles. The van der Waals surface area contributed by atoms with Crippen LogP contribution in [0.4, 0.5) is 0 Å². The van der Waals surface area contributed by atoms with Gasteiger partial charge in [0.1, 0.15) is 8.07 Å². The Morgan fingerprint density at radius 1 is 1.14 bits per heavy atom. The Morgan fingerprint density at radius 3 is 2.14 bits per heavy atom. The number of hydrogen-bond donors (Lipinski definition) is 0. The van der Waals surface area contributed by atoms with Crippen LogP contribution in [0, 0.1) is 11.5 Å². The van der Waals surface area contributed by atoms with Gasteiger partial charge < -0.3 is 4.74 Å². The lowest BCUT2D eigenvalue weighted by molar-refractivity contribution is -0.131. The first kappa shape index (κ1) is 18.4. The minimum Gasteiger partial charge on any atom is -0.424 e. The third-order valence-corrected chi connectivity index (χ3v) is 10.6. The highest BCUT2D eigenvalue weighted by atomic mass is 28.3. The van der Waals surface area contributed by atoms with Crippen LogP contribution in [0.25, 0.3) is 0 Å². The van der Waals surface area contributed by atoms with Crippen molar-refractivity contribution in [2.24, 2.45) is 0 Å². The Labute approximate surface area is 135 Å². The van der Waals surface area contributed by atoms with Crippen LogP contribution < -0.4 is 4.74 Å². The number of hydrogen-bond acceptors (Lipinski definition) is 3.